The predicted octanol–water partition coefficient (Wildman–Crippen LogP) is 7.37. The molecule has 3 nitrogen and oxygen atoms in total. The smallest absolute Gasteiger partial charge is 0.0704 e. The molecule has 3 atom stereocenters. The first-order chi connectivity index (χ1) is 15.1. The van der Waals surface area contributed by atoms with Gasteiger partial charge in [-0.1, -0.05) is 61.9 Å². The lowest BCUT2D eigenvalue weighted by molar-refractivity contribution is -0.0708. The van der Waals surface area contributed by atoms with Crippen molar-refractivity contribution in [3.63, 3.8) is 0 Å². The number of aryl methyl sites for hydroxylation is 2. The number of hydrogen-bond donors (Lipinski definition) is 1. The molecule has 0 saturated carbocycles. The van der Waals surface area contributed by atoms with Crippen LogP contribution >= 0.6 is 0 Å². The van der Waals surface area contributed by atoms with Crippen LogP contribution in [0.25, 0.3) is 6.08 Å². The van der Waals surface area contributed by atoms with Gasteiger partial charge in [-0.25, -0.2) is 0 Å². The summed E-state index contributed by atoms with van der Waals surface area (Å²) >= 11 is 0. The molecule has 1 aliphatic rings. The number of para-hydroxylation sites is 1. The zero-order valence-electron chi connectivity index (χ0n) is 21.2. The van der Waals surface area contributed by atoms with Crippen molar-refractivity contribution < 1.29 is 9.47 Å². The van der Waals surface area contributed by atoms with Crippen molar-refractivity contribution in [2.45, 2.75) is 84.5 Å². The average Bonchev–Trinajstić information content (AvgIpc) is 2.76. The highest BCUT2D eigenvalue weighted by atomic mass is 16.5. The van der Waals surface area contributed by atoms with Crippen molar-refractivity contribution in [1.29, 1.82) is 0 Å². The monoisotopic (exact) mass is 435 g/mol. The SMILES string of the molecule is CC[C@@](C)(COC(C)(C)CC(C)OC)c1c(C)cc(C)cc1C1C=Cc2ccccc2N1. The summed E-state index contributed by atoms with van der Waals surface area (Å²) in [7, 11) is 1.77. The van der Waals surface area contributed by atoms with Crippen LogP contribution in [0.4, 0.5) is 5.69 Å². The maximum Gasteiger partial charge on any atom is 0.0704 e. The lowest BCUT2D eigenvalue weighted by Crippen LogP contribution is -2.38. The van der Waals surface area contributed by atoms with E-state index in [-0.39, 0.29) is 23.2 Å². The van der Waals surface area contributed by atoms with Crippen LogP contribution in [-0.2, 0) is 14.9 Å². The van der Waals surface area contributed by atoms with Crippen LogP contribution < -0.4 is 5.32 Å². The summed E-state index contributed by atoms with van der Waals surface area (Å²) < 4.78 is 12.1. The number of rotatable bonds is 9. The Balaban J connectivity index is 1.95. The van der Waals surface area contributed by atoms with Crippen LogP contribution in [0.15, 0.2) is 42.5 Å². The number of nitrogens with one attached hydrogen (secondary N) is 1. The fourth-order valence-electron chi connectivity index (χ4n) is 4.98. The van der Waals surface area contributed by atoms with Gasteiger partial charge in [0.1, 0.15) is 0 Å². The lowest BCUT2D eigenvalue weighted by atomic mass is 9.74. The lowest BCUT2D eigenvalue weighted by Gasteiger charge is -2.38. The van der Waals surface area contributed by atoms with E-state index in [2.05, 4.69) is 102 Å². The number of benzene rings is 2. The maximum atomic E-state index is 6.58. The van der Waals surface area contributed by atoms with E-state index in [0.29, 0.717) is 6.61 Å². The second kappa shape index (κ2) is 9.80. The van der Waals surface area contributed by atoms with Crippen LogP contribution in [0.3, 0.4) is 0 Å². The first kappa shape index (κ1) is 24.5. The van der Waals surface area contributed by atoms with Crippen molar-refractivity contribution in [3.05, 3.63) is 70.3 Å². The normalized spacial score (nSPS) is 18.6. The molecule has 3 heteroatoms. The van der Waals surface area contributed by atoms with Crippen molar-refractivity contribution in [3.8, 4) is 0 Å². The van der Waals surface area contributed by atoms with Gasteiger partial charge in [-0.2, -0.15) is 0 Å². The van der Waals surface area contributed by atoms with Crippen molar-refractivity contribution >= 4 is 11.8 Å². The first-order valence-electron chi connectivity index (χ1n) is 11.9. The fraction of sp³-hybridized carbons (Fsp3) is 0.517. The zero-order valence-corrected chi connectivity index (χ0v) is 21.2. The predicted molar refractivity (Wildman–Crippen MR) is 137 cm³/mol. The summed E-state index contributed by atoms with van der Waals surface area (Å²) in [6.07, 6.45) is 6.58. The molecule has 2 aromatic carbocycles. The van der Waals surface area contributed by atoms with Crippen LogP contribution in [0, 0.1) is 13.8 Å². The van der Waals surface area contributed by atoms with Gasteiger partial charge in [0.2, 0.25) is 0 Å². The Morgan fingerprint density at radius 1 is 1.09 bits per heavy atom. The molecular weight excluding hydrogens is 394 g/mol. The molecule has 3 rings (SSSR count). The quantitative estimate of drug-likeness (QED) is 0.446. The molecule has 0 amide bonds. The maximum absolute atomic E-state index is 6.58. The van der Waals surface area contributed by atoms with Gasteiger partial charge in [0.25, 0.3) is 0 Å². The Morgan fingerprint density at radius 3 is 2.50 bits per heavy atom. The highest BCUT2D eigenvalue weighted by Crippen LogP contribution is 2.40. The molecule has 0 aromatic heterocycles. The summed E-state index contributed by atoms with van der Waals surface area (Å²) in [5.74, 6) is 0. The van der Waals surface area contributed by atoms with Crippen LogP contribution in [0.2, 0.25) is 0 Å². The molecule has 32 heavy (non-hydrogen) atoms. The molecule has 0 fully saturated rings. The van der Waals surface area contributed by atoms with E-state index >= 15 is 0 Å². The molecule has 0 aliphatic carbocycles. The van der Waals surface area contributed by atoms with E-state index in [9.17, 15) is 0 Å². The van der Waals surface area contributed by atoms with Gasteiger partial charge in [0.05, 0.1) is 24.4 Å². The second-order valence-corrected chi connectivity index (χ2v) is 10.3. The summed E-state index contributed by atoms with van der Waals surface area (Å²) in [5, 5.41) is 3.77. The molecule has 174 valence electrons. The highest BCUT2D eigenvalue weighted by Gasteiger charge is 2.34. The van der Waals surface area contributed by atoms with Gasteiger partial charge in [0.15, 0.2) is 0 Å². The van der Waals surface area contributed by atoms with Crippen molar-refractivity contribution in [2.75, 3.05) is 19.0 Å². The van der Waals surface area contributed by atoms with Gasteiger partial charge in [-0.15, -0.1) is 0 Å². The third-order valence-corrected chi connectivity index (χ3v) is 6.93. The highest BCUT2D eigenvalue weighted by molar-refractivity contribution is 5.72. The van der Waals surface area contributed by atoms with E-state index in [1.54, 1.807) is 7.11 Å². The zero-order chi connectivity index (χ0) is 23.5. The Morgan fingerprint density at radius 2 is 1.81 bits per heavy atom. The Bertz CT molecular complexity index is 962. The number of ether oxygens (including phenoxy) is 2. The van der Waals surface area contributed by atoms with Crippen molar-refractivity contribution in [1.82, 2.24) is 0 Å². The number of methoxy groups -OCH3 is 1. The average molecular weight is 436 g/mol. The summed E-state index contributed by atoms with van der Waals surface area (Å²) in [5.41, 5.74) is 7.49. The number of fused-ring (bicyclic) bond motifs is 1. The molecule has 1 aliphatic heterocycles. The van der Waals surface area contributed by atoms with E-state index in [1.807, 2.05) is 0 Å². The minimum atomic E-state index is -0.243. The standard InChI is InChI=1S/C29H41NO2/c1-9-29(7,19-32-28(5,6)18-22(4)31-8)27-21(3)16-20(2)17-24(27)26-15-14-23-12-10-11-13-25(23)30-26/h10-17,22,26,30H,9,18-19H2,1-8H3/t22?,26?,29-/m0/s1. The minimum Gasteiger partial charge on any atom is -0.382 e. The van der Waals surface area contributed by atoms with Crippen LogP contribution in [0.1, 0.15) is 81.3 Å². The third kappa shape index (κ3) is 5.44. The molecule has 1 heterocycles. The number of hydrogen-bond acceptors (Lipinski definition) is 3. The Kier molecular flexibility index (Phi) is 7.52. The van der Waals surface area contributed by atoms with Gasteiger partial charge in [-0.05, 0) is 69.4 Å². The fourth-order valence-corrected chi connectivity index (χ4v) is 4.98. The Labute approximate surface area is 195 Å². The molecule has 0 spiro atoms. The summed E-state index contributed by atoms with van der Waals surface area (Å²) in [6, 6.07) is 13.3. The Hall–Kier alpha value is -2.10. The molecule has 0 radical (unpaired) electrons. The van der Waals surface area contributed by atoms with Crippen molar-refractivity contribution in [2.24, 2.45) is 0 Å². The minimum absolute atomic E-state index is 0.0901. The molecule has 0 bridgehead atoms. The number of anilines is 1. The topological polar surface area (TPSA) is 30.5 Å². The molecule has 2 aromatic rings. The van der Waals surface area contributed by atoms with Gasteiger partial charge < -0.3 is 14.8 Å². The van der Waals surface area contributed by atoms with Gasteiger partial charge >= 0.3 is 0 Å². The molecule has 2 unspecified atom stereocenters. The van der Waals surface area contributed by atoms with Crippen LogP contribution in [-0.4, -0.2) is 25.4 Å². The first-order valence-corrected chi connectivity index (χ1v) is 11.9. The van der Waals surface area contributed by atoms with E-state index in [4.69, 9.17) is 9.47 Å². The summed E-state index contributed by atoms with van der Waals surface area (Å²) in [6.45, 7) is 16.2. The molecular formula is C29H41NO2. The van der Waals surface area contributed by atoms with E-state index in [0.717, 1.165) is 12.8 Å². The summed E-state index contributed by atoms with van der Waals surface area (Å²) in [4.78, 5) is 0. The van der Waals surface area contributed by atoms with Gasteiger partial charge in [0, 0.05) is 24.6 Å². The largest absolute Gasteiger partial charge is 0.382 e. The third-order valence-electron chi connectivity index (χ3n) is 6.93. The molecule has 0 saturated heterocycles. The van der Waals surface area contributed by atoms with Gasteiger partial charge in [-0.3, -0.25) is 0 Å². The van der Waals surface area contributed by atoms with E-state index in [1.165, 1.54) is 33.5 Å². The second-order valence-electron chi connectivity index (χ2n) is 10.3. The van der Waals surface area contributed by atoms with Crippen LogP contribution in [0.5, 0.6) is 0 Å². The van der Waals surface area contributed by atoms with E-state index < -0.39 is 0 Å². The molecule has 1 N–H and O–H groups in total.